The standard InChI is InChI=1S/C12H13F2N3O/c1-6(13)7-3-8(10-5-11(15)17-16-10)12(18-2)9(14)4-7/h3-6H,1-2H3,(H3,15,16,17). The van der Waals surface area contributed by atoms with Crippen molar-refractivity contribution in [1.29, 1.82) is 0 Å². The molecule has 0 aliphatic heterocycles. The zero-order chi connectivity index (χ0) is 13.3. The van der Waals surface area contributed by atoms with E-state index in [0.717, 1.165) is 6.07 Å². The molecule has 1 unspecified atom stereocenters. The number of hydrogen-bond donors (Lipinski definition) is 2. The van der Waals surface area contributed by atoms with Crippen molar-refractivity contribution in [2.75, 3.05) is 12.8 Å². The van der Waals surface area contributed by atoms with Gasteiger partial charge < -0.3 is 10.5 Å². The summed E-state index contributed by atoms with van der Waals surface area (Å²) in [6.45, 7) is 1.34. The molecule has 0 radical (unpaired) electrons. The highest BCUT2D eigenvalue weighted by atomic mass is 19.1. The fraction of sp³-hybridized carbons (Fsp3) is 0.250. The minimum atomic E-state index is -1.27. The van der Waals surface area contributed by atoms with E-state index in [4.69, 9.17) is 10.5 Å². The van der Waals surface area contributed by atoms with E-state index < -0.39 is 12.0 Å². The number of nitrogens with zero attached hydrogens (tertiary/aromatic N) is 1. The number of alkyl halides is 1. The number of rotatable bonds is 3. The Morgan fingerprint density at radius 3 is 2.61 bits per heavy atom. The topological polar surface area (TPSA) is 63.9 Å². The highest BCUT2D eigenvalue weighted by Crippen LogP contribution is 2.35. The number of ether oxygens (including phenoxy) is 1. The van der Waals surface area contributed by atoms with Gasteiger partial charge in [-0.1, -0.05) is 0 Å². The van der Waals surface area contributed by atoms with E-state index in [0.29, 0.717) is 11.3 Å². The molecule has 96 valence electrons. The van der Waals surface area contributed by atoms with Crippen molar-refractivity contribution >= 4 is 5.82 Å². The molecule has 18 heavy (non-hydrogen) atoms. The van der Waals surface area contributed by atoms with Crippen LogP contribution in [0.15, 0.2) is 18.2 Å². The van der Waals surface area contributed by atoms with Crippen molar-refractivity contribution in [3.05, 3.63) is 29.6 Å². The molecule has 2 rings (SSSR count). The molecule has 1 atom stereocenters. The number of aromatic nitrogens is 2. The molecule has 0 saturated carbocycles. The normalized spacial score (nSPS) is 12.4. The maximum Gasteiger partial charge on any atom is 0.166 e. The van der Waals surface area contributed by atoms with Gasteiger partial charge in [-0.15, -0.1) is 0 Å². The lowest BCUT2D eigenvalue weighted by Gasteiger charge is -2.11. The first kappa shape index (κ1) is 12.3. The van der Waals surface area contributed by atoms with Crippen LogP contribution in [0.3, 0.4) is 0 Å². The lowest BCUT2D eigenvalue weighted by molar-refractivity contribution is 0.366. The lowest BCUT2D eigenvalue weighted by Crippen LogP contribution is -1.96. The number of nitrogens with two attached hydrogens (primary N) is 1. The van der Waals surface area contributed by atoms with Gasteiger partial charge in [0.15, 0.2) is 11.6 Å². The quantitative estimate of drug-likeness (QED) is 0.884. The Morgan fingerprint density at radius 1 is 1.39 bits per heavy atom. The molecule has 0 fully saturated rings. The second-order valence-electron chi connectivity index (χ2n) is 3.91. The van der Waals surface area contributed by atoms with E-state index in [2.05, 4.69) is 10.2 Å². The van der Waals surface area contributed by atoms with Gasteiger partial charge in [-0.25, -0.2) is 8.78 Å². The van der Waals surface area contributed by atoms with Gasteiger partial charge in [0.25, 0.3) is 0 Å². The third kappa shape index (κ3) is 2.13. The van der Waals surface area contributed by atoms with Crippen LogP contribution in [0.25, 0.3) is 11.3 Å². The molecule has 0 amide bonds. The summed E-state index contributed by atoms with van der Waals surface area (Å²) in [6, 6.07) is 4.16. The average molecular weight is 253 g/mol. The summed E-state index contributed by atoms with van der Waals surface area (Å²) in [5.74, 6) is -0.322. The zero-order valence-corrected chi connectivity index (χ0v) is 10.00. The average Bonchev–Trinajstić information content (AvgIpc) is 2.74. The molecule has 4 nitrogen and oxygen atoms in total. The first-order valence-corrected chi connectivity index (χ1v) is 5.35. The molecule has 3 N–H and O–H groups in total. The van der Waals surface area contributed by atoms with Crippen LogP contribution in [0.2, 0.25) is 0 Å². The number of nitrogens with one attached hydrogen (secondary N) is 1. The van der Waals surface area contributed by atoms with E-state index in [1.165, 1.54) is 26.2 Å². The molecule has 0 spiro atoms. The van der Waals surface area contributed by atoms with E-state index >= 15 is 0 Å². The number of nitrogen functional groups attached to an aromatic ring is 1. The lowest BCUT2D eigenvalue weighted by atomic mass is 10.0. The van der Waals surface area contributed by atoms with Gasteiger partial charge in [-0.05, 0) is 24.6 Å². The van der Waals surface area contributed by atoms with Crippen LogP contribution in [0.4, 0.5) is 14.6 Å². The van der Waals surface area contributed by atoms with E-state index in [1.807, 2.05) is 0 Å². The van der Waals surface area contributed by atoms with Crippen LogP contribution in [0, 0.1) is 5.82 Å². The Morgan fingerprint density at radius 2 is 2.11 bits per heavy atom. The number of aromatic amines is 1. The molecule has 2 aromatic rings. The van der Waals surface area contributed by atoms with Gasteiger partial charge in [-0.3, -0.25) is 5.10 Å². The highest BCUT2D eigenvalue weighted by Gasteiger charge is 2.17. The number of anilines is 1. The van der Waals surface area contributed by atoms with Gasteiger partial charge in [0.1, 0.15) is 12.0 Å². The van der Waals surface area contributed by atoms with Crippen molar-refractivity contribution in [3.8, 4) is 17.0 Å². The molecular formula is C12H13F2N3O. The summed E-state index contributed by atoms with van der Waals surface area (Å²) in [6.07, 6.45) is -1.27. The molecule has 1 aromatic heterocycles. The zero-order valence-electron chi connectivity index (χ0n) is 10.00. The third-order valence-corrected chi connectivity index (χ3v) is 2.62. The summed E-state index contributed by atoms with van der Waals surface area (Å²) in [5, 5.41) is 6.40. The van der Waals surface area contributed by atoms with Crippen molar-refractivity contribution in [3.63, 3.8) is 0 Å². The van der Waals surface area contributed by atoms with Gasteiger partial charge >= 0.3 is 0 Å². The largest absolute Gasteiger partial charge is 0.493 e. The fourth-order valence-corrected chi connectivity index (χ4v) is 1.73. The van der Waals surface area contributed by atoms with Gasteiger partial charge in [0, 0.05) is 11.6 Å². The summed E-state index contributed by atoms with van der Waals surface area (Å²) in [4.78, 5) is 0. The predicted octanol–water partition coefficient (Wildman–Crippen LogP) is 2.84. The SMILES string of the molecule is COc1c(F)cc(C(C)F)cc1-c1cc(N)n[nH]1. The Labute approximate surface area is 103 Å². The summed E-state index contributed by atoms with van der Waals surface area (Å²) >= 11 is 0. The van der Waals surface area contributed by atoms with Crippen LogP contribution in [-0.4, -0.2) is 17.3 Å². The molecule has 1 aromatic carbocycles. The molecule has 0 aliphatic carbocycles. The highest BCUT2D eigenvalue weighted by molar-refractivity contribution is 5.70. The summed E-state index contributed by atoms with van der Waals surface area (Å²) in [7, 11) is 1.35. The predicted molar refractivity (Wildman–Crippen MR) is 64.5 cm³/mol. The van der Waals surface area contributed by atoms with Gasteiger partial charge in [0.2, 0.25) is 0 Å². The minimum Gasteiger partial charge on any atom is -0.493 e. The van der Waals surface area contributed by atoms with Crippen LogP contribution >= 0.6 is 0 Å². The number of hydrogen-bond acceptors (Lipinski definition) is 3. The Balaban J connectivity index is 2.63. The summed E-state index contributed by atoms with van der Waals surface area (Å²) < 4.78 is 32.1. The van der Waals surface area contributed by atoms with E-state index in [-0.39, 0.29) is 17.1 Å². The second kappa shape index (κ2) is 4.64. The maximum atomic E-state index is 13.8. The second-order valence-corrected chi connectivity index (χ2v) is 3.91. The maximum absolute atomic E-state index is 13.8. The number of halogens is 2. The molecule has 0 bridgehead atoms. The van der Waals surface area contributed by atoms with Crippen molar-refractivity contribution in [1.82, 2.24) is 10.2 Å². The van der Waals surface area contributed by atoms with E-state index in [9.17, 15) is 8.78 Å². The summed E-state index contributed by atoms with van der Waals surface area (Å²) in [5.41, 5.74) is 6.59. The number of H-pyrrole nitrogens is 1. The number of benzene rings is 1. The molecule has 1 heterocycles. The first-order chi connectivity index (χ1) is 8.52. The molecule has 0 aliphatic rings. The van der Waals surface area contributed by atoms with Crippen molar-refractivity contribution in [2.24, 2.45) is 0 Å². The fourth-order valence-electron chi connectivity index (χ4n) is 1.73. The Bertz CT molecular complexity index is 566. The molecule has 6 heteroatoms. The van der Waals surface area contributed by atoms with Crippen LogP contribution in [0.1, 0.15) is 18.7 Å². The number of methoxy groups -OCH3 is 1. The van der Waals surface area contributed by atoms with Gasteiger partial charge in [-0.2, -0.15) is 5.10 Å². The van der Waals surface area contributed by atoms with Crippen molar-refractivity contribution in [2.45, 2.75) is 13.1 Å². The monoisotopic (exact) mass is 253 g/mol. The minimum absolute atomic E-state index is 0.0306. The Kier molecular flexibility index (Phi) is 3.18. The molecular weight excluding hydrogens is 240 g/mol. The van der Waals surface area contributed by atoms with Crippen LogP contribution < -0.4 is 10.5 Å². The van der Waals surface area contributed by atoms with Gasteiger partial charge in [0.05, 0.1) is 12.8 Å². The smallest absolute Gasteiger partial charge is 0.166 e. The van der Waals surface area contributed by atoms with Crippen molar-refractivity contribution < 1.29 is 13.5 Å². The first-order valence-electron chi connectivity index (χ1n) is 5.35. The Hall–Kier alpha value is -2.11. The van der Waals surface area contributed by atoms with Crippen LogP contribution in [-0.2, 0) is 0 Å². The van der Waals surface area contributed by atoms with Crippen LogP contribution in [0.5, 0.6) is 5.75 Å². The molecule has 0 saturated heterocycles. The van der Waals surface area contributed by atoms with E-state index in [1.54, 1.807) is 0 Å². The third-order valence-electron chi connectivity index (χ3n) is 2.62.